The number of pyridine rings is 1. The predicted molar refractivity (Wildman–Crippen MR) is 125 cm³/mol. The summed E-state index contributed by atoms with van der Waals surface area (Å²) >= 11 is 0. The molecule has 2 fully saturated rings. The first-order valence-electron chi connectivity index (χ1n) is 11.4. The fraction of sp³-hybridized carbons (Fsp3) is 0.600. The average molecular weight is 452 g/mol. The number of aromatic nitrogens is 1. The van der Waals surface area contributed by atoms with E-state index in [2.05, 4.69) is 34.1 Å². The molecule has 1 aromatic rings. The first-order valence-corrected chi connectivity index (χ1v) is 11.4. The number of amides is 1. The molecule has 0 radical (unpaired) electrons. The molecular weight excluding hydrogens is 418 g/mol. The summed E-state index contributed by atoms with van der Waals surface area (Å²) in [6.45, 7) is 9.25. The number of carbonyl (C=O) groups is 2. The lowest BCUT2D eigenvalue weighted by Gasteiger charge is -2.41. The first-order chi connectivity index (χ1) is 15.5. The molecule has 2 saturated heterocycles. The third-order valence-corrected chi connectivity index (χ3v) is 6.25. The Labute approximate surface area is 196 Å². The van der Waals surface area contributed by atoms with E-state index >= 15 is 0 Å². The number of terminal acetylenes is 1. The van der Waals surface area contributed by atoms with Gasteiger partial charge in [0.2, 0.25) is 5.91 Å². The van der Waals surface area contributed by atoms with Crippen molar-refractivity contribution in [2.45, 2.75) is 76.6 Å². The molecule has 8 heteroatoms. The minimum atomic E-state index is -0.556. The van der Waals surface area contributed by atoms with Gasteiger partial charge in [-0.05, 0) is 65.5 Å². The van der Waals surface area contributed by atoms with E-state index in [9.17, 15) is 14.9 Å². The van der Waals surface area contributed by atoms with Gasteiger partial charge >= 0.3 is 5.97 Å². The third kappa shape index (κ3) is 6.03. The Balaban J connectivity index is 1.56. The highest BCUT2D eigenvalue weighted by Gasteiger charge is 2.37. The summed E-state index contributed by atoms with van der Waals surface area (Å²) in [7, 11) is 0. The number of esters is 1. The number of ether oxygens (including phenoxy) is 1. The normalized spacial score (nSPS) is 22.4. The monoisotopic (exact) mass is 451 g/mol. The minimum Gasteiger partial charge on any atom is -0.456 e. The number of rotatable bonds is 5. The summed E-state index contributed by atoms with van der Waals surface area (Å²) in [6, 6.07) is 4.87. The van der Waals surface area contributed by atoms with E-state index < -0.39 is 11.6 Å². The molecule has 2 aliphatic heterocycles. The van der Waals surface area contributed by atoms with Gasteiger partial charge in [-0.1, -0.05) is 5.92 Å². The molecule has 8 nitrogen and oxygen atoms in total. The molecule has 176 valence electrons. The molecule has 1 amide bonds. The zero-order valence-corrected chi connectivity index (χ0v) is 19.9. The van der Waals surface area contributed by atoms with Crippen molar-refractivity contribution in [3.63, 3.8) is 0 Å². The van der Waals surface area contributed by atoms with E-state index in [1.54, 1.807) is 23.2 Å². The van der Waals surface area contributed by atoms with Crippen LogP contribution in [0.25, 0.3) is 0 Å². The smallest absolute Gasteiger partial charge is 0.338 e. The van der Waals surface area contributed by atoms with Crippen LogP contribution in [0, 0.1) is 23.7 Å². The van der Waals surface area contributed by atoms with Gasteiger partial charge in [-0.25, -0.2) is 9.78 Å². The summed E-state index contributed by atoms with van der Waals surface area (Å²) in [5.41, 5.74) is -0.297. The highest BCUT2D eigenvalue weighted by atomic mass is 16.6. The largest absolute Gasteiger partial charge is 0.456 e. The number of carbonyl (C=O) groups excluding carboxylic acids is 2. The lowest BCUT2D eigenvalue weighted by Crippen LogP contribution is -2.55. The number of hydrogen-bond acceptors (Lipinski definition) is 7. The van der Waals surface area contributed by atoms with Crippen LogP contribution >= 0.6 is 0 Å². The summed E-state index contributed by atoms with van der Waals surface area (Å²) in [5.74, 6) is 2.88. The summed E-state index contributed by atoms with van der Waals surface area (Å²) in [6.07, 6.45) is 10.1. The van der Waals surface area contributed by atoms with Gasteiger partial charge in [0.15, 0.2) is 0 Å². The maximum absolute atomic E-state index is 12.8. The number of hydrogen-bond donors (Lipinski definition) is 1. The molecule has 0 aromatic carbocycles. The van der Waals surface area contributed by atoms with Gasteiger partial charge in [-0.3, -0.25) is 4.79 Å². The van der Waals surface area contributed by atoms with Gasteiger partial charge in [0.1, 0.15) is 17.5 Å². The Morgan fingerprint density at radius 2 is 1.97 bits per heavy atom. The Hall–Kier alpha value is -3.10. The molecule has 2 atom stereocenters. The van der Waals surface area contributed by atoms with Crippen LogP contribution in [0.3, 0.4) is 0 Å². The van der Waals surface area contributed by atoms with Crippen LogP contribution in [0.5, 0.6) is 0 Å². The second-order valence-corrected chi connectivity index (χ2v) is 10.0. The maximum atomic E-state index is 12.8. The minimum absolute atomic E-state index is 0.127. The van der Waals surface area contributed by atoms with Crippen LogP contribution in [0.15, 0.2) is 18.3 Å². The van der Waals surface area contributed by atoms with Crippen LogP contribution in [0.4, 0.5) is 5.82 Å². The second-order valence-electron chi connectivity index (χ2n) is 10.0. The van der Waals surface area contributed by atoms with Crippen molar-refractivity contribution >= 4 is 17.7 Å². The number of nitrogens with zero attached hydrogens (tertiary/aromatic N) is 4. The van der Waals surface area contributed by atoms with Gasteiger partial charge in [0.05, 0.1) is 24.2 Å². The van der Waals surface area contributed by atoms with E-state index in [1.807, 2.05) is 20.8 Å². The van der Waals surface area contributed by atoms with E-state index in [0.29, 0.717) is 18.4 Å². The summed E-state index contributed by atoms with van der Waals surface area (Å²) < 4.78 is 5.46. The number of anilines is 1. The first kappa shape index (κ1) is 24.5. The zero-order chi connectivity index (χ0) is 24.2. The molecular formula is C25H33N5O3. The Morgan fingerprint density at radius 3 is 2.58 bits per heavy atom. The van der Waals surface area contributed by atoms with Gasteiger partial charge in [-0.2, -0.15) is 5.26 Å². The Kier molecular flexibility index (Phi) is 7.29. The summed E-state index contributed by atoms with van der Waals surface area (Å²) in [5, 5.41) is 12.7. The lowest BCUT2D eigenvalue weighted by atomic mass is 9.89. The molecule has 3 rings (SSSR count). The van der Waals surface area contributed by atoms with Crippen molar-refractivity contribution in [3.05, 3.63) is 23.9 Å². The number of nitriles is 1. The fourth-order valence-electron chi connectivity index (χ4n) is 4.29. The lowest BCUT2D eigenvalue weighted by molar-refractivity contribution is -0.131. The quantitative estimate of drug-likeness (QED) is 0.542. The topological polar surface area (TPSA) is 98.6 Å². The van der Waals surface area contributed by atoms with Crippen molar-refractivity contribution in [2.75, 3.05) is 24.5 Å². The number of nitrogens with one attached hydrogen (secondary N) is 1. The van der Waals surface area contributed by atoms with E-state index in [4.69, 9.17) is 11.2 Å². The van der Waals surface area contributed by atoms with Crippen LogP contribution in [-0.4, -0.2) is 64.6 Å². The van der Waals surface area contributed by atoms with Crippen LogP contribution in [0.2, 0.25) is 0 Å². The van der Waals surface area contributed by atoms with Gasteiger partial charge in [-0.15, -0.1) is 6.42 Å². The maximum Gasteiger partial charge on any atom is 0.338 e. The predicted octanol–water partition coefficient (Wildman–Crippen LogP) is 2.50. The second kappa shape index (κ2) is 9.80. The Bertz CT molecular complexity index is 941. The molecule has 1 aromatic heterocycles. The van der Waals surface area contributed by atoms with Crippen molar-refractivity contribution in [2.24, 2.45) is 0 Å². The average Bonchev–Trinajstić information content (AvgIpc) is 3.20. The van der Waals surface area contributed by atoms with Crippen LogP contribution in [0.1, 0.15) is 63.7 Å². The van der Waals surface area contributed by atoms with Gasteiger partial charge in [0, 0.05) is 24.8 Å². The van der Waals surface area contributed by atoms with E-state index in [-0.39, 0.29) is 30.0 Å². The van der Waals surface area contributed by atoms with Gasteiger partial charge < -0.3 is 19.9 Å². The van der Waals surface area contributed by atoms with Crippen molar-refractivity contribution in [1.82, 2.24) is 15.2 Å². The SMILES string of the molecule is C#C[C@H]1CC[C@@H](C#N)N1C(=O)CNC1(C)CCN(c2cc(C(=O)OC(C)(C)C)ccn2)CC1. The fourth-order valence-corrected chi connectivity index (χ4v) is 4.29. The van der Waals surface area contributed by atoms with Crippen molar-refractivity contribution < 1.29 is 14.3 Å². The summed E-state index contributed by atoms with van der Waals surface area (Å²) in [4.78, 5) is 33.3. The van der Waals surface area contributed by atoms with Crippen LogP contribution < -0.4 is 10.2 Å². The van der Waals surface area contributed by atoms with Crippen LogP contribution in [-0.2, 0) is 9.53 Å². The molecule has 0 spiro atoms. The zero-order valence-electron chi connectivity index (χ0n) is 19.9. The molecule has 33 heavy (non-hydrogen) atoms. The number of piperidine rings is 1. The van der Waals surface area contributed by atoms with E-state index in [1.165, 1.54) is 0 Å². The molecule has 1 N–H and O–H groups in total. The molecule has 2 aliphatic rings. The highest BCUT2D eigenvalue weighted by Crippen LogP contribution is 2.27. The molecule has 0 aliphatic carbocycles. The highest BCUT2D eigenvalue weighted by molar-refractivity contribution is 5.90. The van der Waals surface area contributed by atoms with E-state index in [0.717, 1.165) is 31.7 Å². The standard InChI is InChI=1S/C25H33N5O3/c1-6-19-7-8-20(16-26)30(19)22(31)17-28-25(5)10-13-29(14-11-25)21-15-18(9-12-27-21)23(32)33-24(2,3)4/h1,9,12,15,19-20,28H,7-8,10-11,13-14,17H2,2-5H3/t19-,20-/m0/s1. The Morgan fingerprint density at radius 1 is 1.30 bits per heavy atom. The van der Waals surface area contributed by atoms with Crippen molar-refractivity contribution in [3.8, 4) is 18.4 Å². The third-order valence-electron chi connectivity index (χ3n) is 6.25. The van der Waals surface area contributed by atoms with Gasteiger partial charge in [0.25, 0.3) is 0 Å². The molecule has 0 bridgehead atoms. The number of likely N-dealkylation sites (tertiary alicyclic amines) is 1. The molecule has 0 unspecified atom stereocenters. The molecule has 3 heterocycles. The molecule has 0 saturated carbocycles. The van der Waals surface area contributed by atoms with Crippen molar-refractivity contribution in [1.29, 1.82) is 5.26 Å².